The zero-order valence-corrected chi connectivity index (χ0v) is 16.6. The molecule has 0 bridgehead atoms. The molecule has 0 atom stereocenters. The van der Waals surface area contributed by atoms with E-state index in [9.17, 15) is 4.79 Å². The fraction of sp³-hybridized carbons (Fsp3) is 0.526. The summed E-state index contributed by atoms with van der Waals surface area (Å²) >= 11 is 0. The van der Waals surface area contributed by atoms with Crippen LogP contribution < -0.4 is 14.8 Å². The molecule has 1 fully saturated rings. The summed E-state index contributed by atoms with van der Waals surface area (Å²) in [7, 11) is 2.66. The molecule has 7 heteroatoms. The molecule has 0 unspecified atom stereocenters. The minimum atomic E-state index is -0.552. The van der Waals surface area contributed by atoms with Crippen LogP contribution in [-0.4, -0.2) is 45.0 Å². The lowest BCUT2D eigenvalue weighted by atomic mass is 9.77. The van der Waals surface area contributed by atoms with Crippen LogP contribution in [0.4, 0.5) is 0 Å². The first kappa shape index (κ1) is 20.3. The van der Waals surface area contributed by atoms with Gasteiger partial charge >= 0.3 is 7.12 Å². The largest absolute Gasteiger partial charge is 0.497 e. The van der Waals surface area contributed by atoms with E-state index in [-0.39, 0.29) is 5.91 Å². The Morgan fingerprint density at radius 2 is 1.58 bits per heavy atom. The Hall–Kier alpha value is -1.99. The van der Waals surface area contributed by atoms with Crippen molar-refractivity contribution < 1.29 is 23.6 Å². The first-order valence-corrected chi connectivity index (χ1v) is 8.61. The summed E-state index contributed by atoms with van der Waals surface area (Å²) in [5, 5.41) is 2.82. The van der Waals surface area contributed by atoms with Crippen molar-refractivity contribution in [1.82, 2.24) is 5.32 Å². The summed E-state index contributed by atoms with van der Waals surface area (Å²) in [6.45, 7) is 9.80. The highest BCUT2D eigenvalue weighted by atomic mass is 16.7. The Morgan fingerprint density at radius 3 is 2.00 bits per heavy atom. The molecule has 1 aliphatic rings. The molecule has 1 N–H and O–H groups in total. The normalized spacial score (nSPS) is 18.6. The van der Waals surface area contributed by atoms with Crippen molar-refractivity contribution in [1.29, 1.82) is 0 Å². The summed E-state index contributed by atoms with van der Waals surface area (Å²) < 4.78 is 22.9. The fourth-order valence-corrected chi connectivity index (χ4v) is 2.55. The molecular formula is C19H28BNO5. The molecule has 1 heterocycles. The molecule has 6 nitrogen and oxygen atoms in total. The molecular weight excluding hydrogens is 333 g/mol. The molecule has 0 saturated carbocycles. The minimum absolute atomic E-state index is 0.115. The first-order valence-electron chi connectivity index (χ1n) is 8.61. The smallest absolute Gasteiger partial charge is 0.492 e. The first-order chi connectivity index (χ1) is 12.1. The number of amides is 1. The van der Waals surface area contributed by atoms with Gasteiger partial charge in [0.05, 0.1) is 25.4 Å². The average Bonchev–Trinajstić information content (AvgIpc) is 2.78. The number of nitrogens with one attached hydrogen (secondary N) is 1. The van der Waals surface area contributed by atoms with E-state index in [1.54, 1.807) is 20.3 Å². The fourth-order valence-electron chi connectivity index (χ4n) is 2.55. The van der Waals surface area contributed by atoms with Crippen LogP contribution in [0, 0.1) is 0 Å². The summed E-state index contributed by atoms with van der Waals surface area (Å²) in [6, 6.07) is 5.59. The van der Waals surface area contributed by atoms with Crippen molar-refractivity contribution in [2.75, 3.05) is 20.8 Å². The van der Waals surface area contributed by atoms with Crippen LogP contribution in [0.2, 0.25) is 0 Å². The van der Waals surface area contributed by atoms with Crippen molar-refractivity contribution in [3.05, 3.63) is 29.2 Å². The van der Waals surface area contributed by atoms with E-state index in [1.807, 2.05) is 45.9 Å². The molecule has 0 aromatic heterocycles. The number of carbonyl (C=O) groups excluding carboxylic acids is 1. The minimum Gasteiger partial charge on any atom is -0.497 e. The molecule has 1 aromatic rings. The molecule has 1 aromatic carbocycles. The van der Waals surface area contributed by atoms with E-state index in [1.165, 1.54) is 6.92 Å². The molecule has 1 aliphatic heterocycles. The van der Waals surface area contributed by atoms with Gasteiger partial charge in [-0.25, -0.2) is 0 Å². The maximum absolute atomic E-state index is 11.4. The van der Waals surface area contributed by atoms with Gasteiger partial charge in [0.2, 0.25) is 5.91 Å². The van der Waals surface area contributed by atoms with Crippen molar-refractivity contribution in [2.45, 2.75) is 45.8 Å². The van der Waals surface area contributed by atoms with Gasteiger partial charge in [0.1, 0.15) is 11.5 Å². The number of methoxy groups -OCH3 is 2. The van der Waals surface area contributed by atoms with Gasteiger partial charge in [-0.3, -0.25) is 4.79 Å². The number of benzene rings is 1. The predicted molar refractivity (Wildman–Crippen MR) is 102 cm³/mol. The van der Waals surface area contributed by atoms with E-state index in [2.05, 4.69) is 5.32 Å². The number of rotatable bonds is 6. The van der Waals surface area contributed by atoms with E-state index in [0.717, 1.165) is 11.0 Å². The molecule has 142 valence electrons. The zero-order valence-electron chi connectivity index (χ0n) is 16.6. The second-order valence-corrected chi connectivity index (χ2v) is 7.36. The topological polar surface area (TPSA) is 66.0 Å². The Bertz CT molecular complexity index is 661. The maximum atomic E-state index is 11.4. The summed E-state index contributed by atoms with van der Waals surface area (Å²) in [4.78, 5) is 11.4. The van der Waals surface area contributed by atoms with E-state index in [0.29, 0.717) is 18.0 Å². The van der Waals surface area contributed by atoms with Crippen molar-refractivity contribution in [2.24, 2.45) is 0 Å². The SMILES string of the molecule is COc1cc(C=C(CNC(C)=O)B2OC(C)(C)C(C)(C)O2)cc(OC)c1. The predicted octanol–water partition coefficient (Wildman–Crippen LogP) is 2.85. The molecule has 0 radical (unpaired) electrons. The molecule has 1 saturated heterocycles. The Morgan fingerprint density at radius 1 is 1.08 bits per heavy atom. The second kappa shape index (κ2) is 7.72. The maximum Gasteiger partial charge on any atom is 0.492 e. The quantitative estimate of drug-likeness (QED) is 0.790. The van der Waals surface area contributed by atoms with Gasteiger partial charge in [0, 0.05) is 19.5 Å². The summed E-state index contributed by atoms with van der Waals surface area (Å²) in [5.41, 5.74) is 0.767. The summed E-state index contributed by atoms with van der Waals surface area (Å²) in [6.07, 6.45) is 1.93. The lowest BCUT2D eigenvalue weighted by Crippen LogP contribution is -2.41. The molecule has 0 spiro atoms. The number of ether oxygens (including phenoxy) is 2. The third kappa shape index (κ3) is 4.59. The summed E-state index contributed by atoms with van der Waals surface area (Å²) in [5.74, 6) is 1.25. The molecule has 1 amide bonds. The Balaban J connectivity index is 2.39. The highest BCUT2D eigenvalue weighted by Crippen LogP contribution is 2.39. The molecule has 2 rings (SSSR count). The molecule has 26 heavy (non-hydrogen) atoms. The second-order valence-electron chi connectivity index (χ2n) is 7.36. The van der Waals surface area contributed by atoms with Gasteiger partial charge in [0.25, 0.3) is 0 Å². The van der Waals surface area contributed by atoms with Gasteiger partial charge in [-0.15, -0.1) is 0 Å². The Labute approximate surface area is 156 Å². The van der Waals surface area contributed by atoms with Crippen LogP contribution in [0.1, 0.15) is 40.2 Å². The van der Waals surface area contributed by atoms with Gasteiger partial charge < -0.3 is 24.1 Å². The highest BCUT2D eigenvalue weighted by Gasteiger charge is 2.52. The van der Waals surface area contributed by atoms with Crippen LogP contribution in [0.15, 0.2) is 23.7 Å². The standard InChI is InChI=1S/C19H28BNO5/c1-13(22)21-12-15(20-25-18(2,3)19(4,5)26-20)8-14-9-16(23-6)11-17(10-14)24-7/h8-11H,12H2,1-7H3,(H,21,22). The van der Waals surface area contributed by atoms with Crippen molar-refractivity contribution in [3.8, 4) is 11.5 Å². The van der Waals surface area contributed by atoms with Crippen LogP contribution in [0.25, 0.3) is 6.08 Å². The van der Waals surface area contributed by atoms with Crippen LogP contribution >= 0.6 is 0 Å². The van der Waals surface area contributed by atoms with Gasteiger partial charge in [-0.05, 0) is 50.9 Å². The Kier molecular flexibility index (Phi) is 6.03. The average molecular weight is 361 g/mol. The third-order valence-electron chi connectivity index (χ3n) is 4.82. The zero-order chi connectivity index (χ0) is 19.5. The van der Waals surface area contributed by atoms with E-state index in [4.69, 9.17) is 18.8 Å². The van der Waals surface area contributed by atoms with Gasteiger partial charge in [-0.2, -0.15) is 0 Å². The third-order valence-corrected chi connectivity index (χ3v) is 4.82. The van der Waals surface area contributed by atoms with Gasteiger partial charge in [-0.1, -0.05) is 6.08 Å². The van der Waals surface area contributed by atoms with Crippen LogP contribution in [-0.2, 0) is 14.1 Å². The lowest BCUT2D eigenvalue weighted by molar-refractivity contribution is -0.118. The monoisotopic (exact) mass is 361 g/mol. The lowest BCUT2D eigenvalue weighted by Gasteiger charge is -2.32. The van der Waals surface area contributed by atoms with Crippen LogP contribution in [0.5, 0.6) is 11.5 Å². The highest BCUT2D eigenvalue weighted by molar-refractivity contribution is 6.56. The van der Waals surface area contributed by atoms with E-state index >= 15 is 0 Å². The molecule has 0 aliphatic carbocycles. The number of carbonyl (C=O) groups is 1. The number of hydrogen-bond acceptors (Lipinski definition) is 5. The number of hydrogen-bond donors (Lipinski definition) is 1. The van der Waals surface area contributed by atoms with Crippen molar-refractivity contribution in [3.63, 3.8) is 0 Å². The van der Waals surface area contributed by atoms with E-state index < -0.39 is 18.3 Å². The van der Waals surface area contributed by atoms with Crippen LogP contribution in [0.3, 0.4) is 0 Å². The van der Waals surface area contributed by atoms with Crippen molar-refractivity contribution >= 4 is 19.1 Å². The van der Waals surface area contributed by atoms with Gasteiger partial charge in [0.15, 0.2) is 0 Å².